The highest BCUT2D eigenvalue weighted by Gasteiger charge is 2.35. The zero-order valence-corrected chi connectivity index (χ0v) is 12.2. The summed E-state index contributed by atoms with van der Waals surface area (Å²) < 4.78 is 5.32. The van der Waals surface area contributed by atoms with E-state index in [1.165, 1.54) is 19.1 Å². The Labute approximate surface area is 128 Å². The molecule has 0 aromatic carbocycles. The van der Waals surface area contributed by atoms with E-state index in [-0.39, 0.29) is 11.9 Å². The first-order valence-electron chi connectivity index (χ1n) is 7.61. The highest BCUT2D eigenvalue weighted by molar-refractivity contribution is 5.96. The molecule has 2 aromatic heterocycles. The van der Waals surface area contributed by atoms with Gasteiger partial charge in [0.1, 0.15) is 12.0 Å². The number of terminal acetylenes is 1. The number of rotatable bonds is 2. The van der Waals surface area contributed by atoms with Gasteiger partial charge in [-0.05, 0) is 37.9 Å². The van der Waals surface area contributed by atoms with Gasteiger partial charge in [-0.25, -0.2) is 4.98 Å². The summed E-state index contributed by atoms with van der Waals surface area (Å²) >= 11 is 0. The van der Waals surface area contributed by atoms with Gasteiger partial charge < -0.3 is 14.6 Å². The maximum absolute atomic E-state index is 12.5. The van der Waals surface area contributed by atoms with Gasteiger partial charge in [0.2, 0.25) is 0 Å². The summed E-state index contributed by atoms with van der Waals surface area (Å²) in [4.78, 5) is 19.1. The van der Waals surface area contributed by atoms with Crippen molar-refractivity contribution in [3.8, 4) is 12.3 Å². The van der Waals surface area contributed by atoms with E-state index in [1.54, 1.807) is 12.3 Å². The average molecular weight is 295 g/mol. The van der Waals surface area contributed by atoms with Crippen LogP contribution in [0.3, 0.4) is 0 Å². The summed E-state index contributed by atoms with van der Waals surface area (Å²) in [6, 6.07) is 1.94. The Morgan fingerprint density at radius 2 is 2.27 bits per heavy atom. The molecule has 112 valence electrons. The molecule has 2 aromatic rings. The summed E-state index contributed by atoms with van der Waals surface area (Å²) in [5.74, 6) is 3.02. The predicted molar refractivity (Wildman–Crippen MR) is 82.4 cm³/mol. The van der Waals surface area contributed by atoms with Gasteiger partial charge in [-0.15, -0.1) is 6.42 Å². The van der Waals surface area contributed by atoms with Crippen LogP contribution in [0.1, 0.15) is 28.9 Å². The molecule has 1 unspecified atom stereocenters. The van der Waals surface area contributed by atoms with Crippen LogP contribution in [0.15, 0.2) is 22.9 Å². The molecule has 3 fully saturated rings. The smallest absolute Gasteiger partial charge is 0.270 e. The third kappa shape index (κ3) is 2.16. The molecule has 5 rings (SSSR count). The molecule has 5 nitrogen and oxygen atoms in total. The molecule has 22 heavy (non-hydrogen) atoms. The average Bonchev–Trinajstić information content (AvgIpc) is 2.98. The van der Waals surface area contributed by atoms with Gasteiger partial charge >= 0.3 is 0 Å². The molecule has 2 bridgehead atoms. The SMILES string of the molecule is C#Cc1coc2cnc(C(=O)NC3CN4CCC3CC4)cc12. The highest BCUT2D eigenvalue weighted by atomic mass is 16.3. The van der Waals surface area contributed by atoms with Gasteiger partial charge in [-0.1, -0.05) is 5.92 Å². The molecule has 0 saturated carbocycles. The monoisotopic (exact) mass is 295 g/mol. The number of nitrogens with one attached hydrogen (secondary N) is 1. The van der Waals surface area contributed by atoms with Crippen molar-refractivity contribution in [1.82, 2.24) is 15.2 Å². The Morgan fingerprint density at radius 3 is 2.95 bits per heavy atom. The fraction of sp³-hybridized carbons (Fsp3) is 0.412. The number of carbonyl (C=O) groups is 1. The maximum atomic E-state index is 12.5. The zero-order valence-electron chi connectivity index (χ0n) is 12.2. The van der Waals surface area contributed by atoms with E-state index in [2.05, 4.69) is 21.1 Å². The molecule has 5 heteroatoms. The lowest BCUT2D eigenvalue weighted by Gasteiger charge is -2.44. The van der Waals surface area contributed by atoms with Crippen LogP contribution in [0, 0.1) is 18.3 Å². The number of pyridine rings is 1. The van der Waals surface area contributed by atoms with Crippen molar-refractivity contribution in [2.75, 3.05) is 19.6 Å². The van der Waals surface area contributed by atoms with Gasteiger partial charge in [0, 0.05) is 18.0 Å². The maximum Gasteiger partial charge on any atom is 0.270 e. The number of furan rings is 1. The largest absolute Gasteiger partial charge is 0.461 e. The molecule has 1 amide bonds. The van der Waals surface area contributed by atoms with Crippen LogP contribution < -0.4 is 5.32 Å². The van der Waals surface area contributed by atoms with E-state index in [0.717, 1.165) is 25.0 Å². The topological polar surface area (TPSA) is 58.4 Å². The van der Waals surface area contributed by atoms with Crippen LogP contribution >= 0.6 is 0 Å². The lowest BCUT2D eigenvalue weighted by Crippen LogP contribution is -2.57. The normalized spacial score (nSPS) is 26.8. The van der Waals surface area contributed by atoms with Gasteiger partial charge in [0.05, 0.1) is 11.8 Å². The standard InChI is InChI=1S/C17H17N3O2/c1-2-11-10-22-16-8-18-14(7-13(11)16)17(21)19-15-9-20-5-3-12(15)4-6-20/h1,7-8,10,12,15H,3-6,9H2,(H,19,21). The Bertz CT molecular complexity index is 766. The number of carbonyl (C=O) groups excluding carboxylic acids is 1. The minimum absolute atomic E-state index is 0.134. The first kappa shape index (κ1) is 13.4. The summed E-state index contributed by atoms with van der Waals surface area (Å²) in [7, 11) is 0. The van der Waals surface area contributed by atoms with Crippen LogP contribution in [0.2, 0.25) is 0 Å². The van der Waals surface area contributed by atoms with Crippen LogP contribution in [0.25, 0.3) is 11.0 Å². The van der Waals surface area contributed by atoms with E-state index in [4.69, 9.17) is 10.8 Å². The number of amides is 1. The van der Waals surface area contributed by atoms with Crippen molar-refractivity contribution in [2.24, 2.45) is 5.92 Å². The van der Waals surface area contributed by atoms with Gasteiger partial charge in [0.15, 0.2) is 5.58 Å². The van der Waals surface area contributed by atoms with Crippen molar-refractivity contribution < 1.29 is 9.21 Å². The lowest BCUT2D eigenvalue weighted by molar-refractivity contribution is 0.0618. The number of aromatic nitrogens is 1. The van der Waals surface area contributed by atoms with E-state index in [9.17, 15) is 4.79 Å². The molecular weight excluding hydrogens is 278 g/mol. The molecule has 1 N–H and O–H groups in total. The van der Waals surface area contributed by atoms with E-state index < -0.39 is 0 Å². The summed E-state index contributed by atoms with van der Waals surface area (Å²) in [6.07, 6.45) is 10.8. The first-order chi connectivity index (χ1) is 10.7. The van der Waals surface area contributed by atoms with Crippen LogP contribution in [-0.4, -0.2) is 41.5 Å². The minimum Gasteiger partial charge on any atom is -0.461 e. The van der Waals surface area contributed by atoms with Crippen LogP contribution in [0.5, 0.6) is 0 Å². The van der Waals surface area contributed by atoms with Crippen molar-refractivity contribution in [1.29, 1.82) is 0 Å². The number of hydrogen-bond donors (Lipinski definition) is 1. The fourth-order valence-electron chi connectivity index (χ4n) is 3.54. The van der Waals surface area contributed by atoms with E-state index in [1.807, 2.05) is 0 Å². The third-order valence-corrected chi connectivity index (χ3v) is 4.82. The Hall–Kier alpha value is -2.32. The number of nitrogens with zero attached hydrogens (tertiary/aromatic N) is 2. The van der Waals surface area contributed by atoms with Crippen molar-refractivity contribution >= 4 is 16.9 Å². The predicted octanol–water partition coefficient (Wildman–Crippen LogP) is 1.63. The van der Waals surface area contributed by atoms with Crippen LogP contribution in [0.4, 0.5) is 0 Å². The molecule has 3 aliphatic heterocycles. The third-order valence-electron chi connectivity index (χ3n) is 4.82. The molecule has 3 aliphatic rings. The number of fused-ring (bicyclic) bond motifs is 4. The number of piperidine rings is 3. The van der Waals surface area contributed by atoms with Gasteiger partial charge in [-0.3, -0.25) is 4.79 Å². The Kier molecular flexibility index (Phi) is 3.12. The highest BCUT2D eigenvalue weighted by Crippen LogP contribution is 2.28. The second-order valence-corrected chi connectivity index (χ2v) is 6.08. The van der Waals surface area contributed by atoms with E-state index in [0.29, 0.717) is 22.8 Å². The Balaban J connectivity index is 1.56. The van der Waals surface area contributed by atoms with Crippen LogP contribution in [-0.2, 0) is 0 Å². The van der Waals surface area contributed by atoms with Gasteiger partial charge in [-0.2, -0.15) is 0 Å². The van der Waals surface area contributed by atoms with Crippen molar-refractivity contribution in [2.45, 2.75) is 18.9 Å². The molecule has 3 saturated heterocycles. The second kappa shape index (κ2) is 5.15. The minimum atomic E-state index is -0.134. The fourth-order valence-corrected chi connectivity index (χ4v) is 3.54. The van der Waals surface area contributed by atoms with Gasteiger partial charge in [0.25, 0.3) is 5.91 Å². The number of hydrogen-bond acceptors (Lipinski definition) is 4. The molecule has 0 aliphatic carbocycles. The first-order valence-corrected chi connectivity index (χ1v) is 7.61. The van der Waals surface area contributed by atoms with Crippen molar-refractivity contribution in [3.05, 3.63) is 29.8 Å². The molecule has 5 heterocycles. The quantitative estimate of drug-likeness (QED) is 0.856. The molecule has 0 radical (unpaired) electrons. The second-order valence-electron chi connectivity index (χ2n) is 6.08. The Morgan fingerprint density at radius 1 is 1.45 bits per heavy atom. The summed E-state index contributed by atoms with van der Waals surface area (Å²) in [5.41, 5.74) is 1.64. The van der Waals surface area contributed by atoms with Crippen molar-refractivity contribution in [3.63, 3.8) is 0 Å². The zero-order chi connectivity index (χ0) is 15.1. The molecular formula is C17H17N3O2. The summed E-state index contributed by atoms with van der Waals surface area (Å²) in [6.45, 7) is 3.25. The summed E-state index contributed by atoms with van der Waals surface area (Å²) in [5, 5.41) is 3.90. The molecule has 0 spiro atoms. The lowest BCUT2D eigenvalue weighted by atomic mass is 9.84. The van der Waals surface area contributed by atoms with E-state index >= 15 is 0 Å². The molecule has 1 atom stereocenters.